The van der Waals surface area contributed by atoms with E-state index in [1.807, 2.05) is 4.90 Å². The van der Waals surface area contributed by atoms with Gasteiger partial charge in [-0.05, 0) is 40.6 Å². The van der Waals surface area contributed by atoms with E-state index in [0.717, 1.165) is 19.6 Å². The lowest BCUT2D eigenvalue weighted by Crippen LogP contribution is -2.48. The second kappa shape index (κ2) is 7.46. The Morgan fingerprint density at radius 2 is 1.96 bits per heavy atom. The van der Waals surface area contributed by atoms with Gasteiger partial charge < -0.3 is 16.0 Å². The number of carbonyl (C=O) groups is 2. The van der Waals surface area contributed by atoms with E-state index in [2.05, 4.69) is 27.0 Å². The molecule has 6 nitrogen and oxygen atoms in total. The van der Waals surface area contributed by atoms with Gasteiger partial charge in [0.25, 0.3) is 5.91 Å². The molecule has 0 radical (unpaired) electrons. The SMILES string of the molecule is NC(=O)Nc1cccc(C(=O)N2CCN(Cc3ccsc3)CC2)c1. The summed E-state index contributed by atoms with van der Waals surface area (Å²) < 4.78 is 0. The summed E-state index contributed by atoms with van der Waals surface area (Å²) in [6.07, 6.45) is 0. The van der Waals surface area contributed by atoms with Crippen LogP contribution in [0.25, 0.3) is 0 Å². The number of nitrogens with zero attached hydrogens (tertiary/aromatic N) is 2. The third-order valence-corrected chi connectivity index (χ3v) is 4.75. The summed E-state index contributed by atoms with van der Waals surface area (Å²) >= 11 is 1.71. The van der Waals surface area contributed by atoms with Crippen molar-refractivity contribution in [2.24, 2.45) is 5.73 Å². The molecule has 2 aromatic rings. The molecule has 1 aliphatic rings. The molecule has 0 unspecified atom stereocenters. The number of primary amides is 1. The smallest absolute Gasteiger partial charge is 0.316 e. The fourth-order valence-electron chi connectivity index (χ4n) is 2.80. The summed E-state index contributed by atoms with van der Waals surface area (Å²) in [4.78, 5) is 27.8. The number of thiophene rings is 1. The van der Waals surface area contributed by atoms with Gasteiger partial charge in [-0.15, -0.1) is 0 Å². The van der Waals surface area contributed by atoms with E-state index in [1.165, 1.54) is 5.56 Å². The number of nitrogens with two attached hydrogens (primary N) is 1. The Morgan fingerprint density at radius 1 is 1.17 bits per heavy atom. The van der Waals surface area contributed by atoms with E-state index < -0.39 is 6.03 Å². The molecule has 2 heterocycles. The first-order chi connectivity index (χ1) is 11.6. The minimum atomic E-state index is -0.637. The van der Waals surface area contributed by atoms with E-state index in [4.69, 9.17) is 5.73 Å². The summed E-state index contributed by atoms with van der Waals surface area (Å²) in [5.41, 5.74) is 7.53. The van der Waals surface area contributed by atoms with Gasteiger partial charge >= 0.3 is 6.03 Å². The molecular formula is C17H20N4O2S. The Hall–Kier alpha value is -2.38. The maximum absolute atomic E-state index is 12.6. The number of amides is 3. The minimum absolute atomic E-state index is 0.0155. The largest absolute Gasteiger partial charge is 0.351 e. The molecule has 3 amide bonds. The van der Waals surface area contributed by atoms with Crippen molar-refractivity contribution in [3.05, 3.63) is 52.2 Å². The Labute approximate surface area is 144 Å². The lowest BCUT2D eigenvalue weighted by atomic mass is 10.1. The second-order valence-corrected chi connectivity index (χ2v) is 6.55. The second-order valence-electron chi connectivity index (χ2n) is 5.77. The van der Waals surface area contributed by atoms with Crippen molar-refractivity contribution < 1.29 is 9.59 Å². The van der Waals surface area contributed by atoms with E-state index >= 15 is 0 Å². The molecule has 1 aromatic carbocycles. The van der Waals surface area contributed by atoms with E-state index in [-0.39, 0.29) is 5.91 Å². The van der Waals surface area contributed by atoms with Gasteiger partial charge in [0.05, 0.1) is 0 Å². The van der Waals surface area contributed by atoms with Crippen molar-refractivity contribution in [3.63, 3.8) is 0 Å². The van der Waals surface area contributed by atoms with Crippen LogP contribution in [0.5, 0.6) is 0 Å². The first-order valence-corrected chi connectivity index (χ1v) is 8.75. The van der Waals surface area contributed by atoms with Crippen molar-refractivity contribution in [3.8, 4) is 0 Å². The fourth-order valence-corrected chi connectivity index (χ4v) is 3.46. The number of benzene rings is 1. The topological polar surface area (TPSA) is 78.7 Å². The lowest BCUT2D eigenvalue weighted by molar-refractivity contribution is 0.0628. The van der Waals surface area contributed by atoms with E-state index in [1.54, 1.807) is 35.6 Å². The van der Waals surface area contributed by atoms with Crippen LogP contribution in [-0.2, 0) is 6.54 Å². The van der Waals surface area contributed by atoms with Gasteiger partial charge in [0, 0.05) is 44.0 Å². The number of hydrogen-bond acceptors (Lipinski definition) is 4. The average Bonchev–Trinajstić information content (AvgIpc) is 3.07. The number of anilines is 1. The van der Waals surface area contributed by atoms with Crippen molar-refractivity contribution in [1.82, 2.24) is 9.80 Å². The molecule has 3 rings (SSSR count). The molecule has 126 valence electrons. The molecule has 1 fully saturated rings. The molecule has 24 heavy (non-hydrogen) atoms. The highest BCUT2D eigenvalue weighted by atomic mass is 32.1. The maximum Gasteiger partial charge on any atom is 0.316 e. The molecule has 0 saturated carbocycles. The molecule has 0 atom stereocenters. The van der Waals surface area contributed by atoms with Gasteiger partial charge in [0.2, 0.25) is 0 Å². The Balaban J connectivity index is 1.57. The van der Waals surface area contributed by atoms with Crippen LogP contribution in [0.3, 0.4) is 0 Å². The van der Waals surface area contributed by atoms with Gasteiger partial charge in [-0.3, -0.25) is 9.69 Å². The zero-order valence-corrected chi connectivity index (χ0v) is 14.1. The molecule has 3 N–H and O–H groups in total. The highest BCUT2D eigenvalue weighted by Gasteiger charge is 2.22. The highest BCUT2D eigenvalue weighted by Crippen LogP contribution is 2.16. The first-order valence-electron chi connectivity index (χ1n) is 7.81. The fraction of sp³-hybridized carbons (Fsp3) is 0.294. The summed E-state index contributed by atoms with van der Waals surface area (Å²) in [6, 6.07) is 8.36. The van der Waals surface area contributed by atoms with Crippen LogP contribution in [0.2, 0.25) is 0 Å². The average molecular weight is 344 g/mol. The molecule has 0 spiro atoms. The zero-order valence-electron chi connectivity index (χ0n) is 13.3. The number of hydrogen-bond donors (Lipinski definition) is 2. The molecule has 0 aliphatic carbocycles. The Kier molecular flexibility index (Phi) is 5.12. The lowest BCUT2D eigenvalue weighted by Gasteiger charge is -2.34. The van der Waals surface area contributed by atoms with Crippen LogP contribution in [0.1, 0.15) is 15.9 Å². The zero-order chi connectivity index (χ0) is 16.9. The maximum atomic E-state index is 12.6. The van der Waals surface area contributed by atoms with Crippen LogP contribution >= 0.6 is 11.3 Å². The van der Waals surface area contributed by atoms with Gasteiger partial charge in [-0.2, -0.15) is 11.3 Å². The first kappa shape index (κ1) is 16.5. The molecule has 1 saturated heterocycles. The van der Waals surface area contributed by atoms with E-state index in [9.17, 15) is 9.59 Å². The quantitative estimate of drug-likeness (QED) is 0.892. The van der Waals surface area contributed by atoms with Crippen LogP contribution in [0.15, 0.2) is 41.1 Å². The van der Waals surface area contributed by atoms with Crippen LogP contribution in [0.4, 0.5) is 10.5 Å². The monoisotopic (exact) mass is 344 g/mol. The number of nitrogens with one attached hydrogen (secondary N) is 1. The number of rotatable bonds is 4. The normalized spacial score (nSPS) is 15.2. The molecular weight excluding hydrogens is 324 g/mol. The molecule has 1 aliphatic heterocycles. The predicted octanol–water partition coefficient (Wildman–Crippen LogP) is 2.20. The number of urea groups is 1. The summed E-state index contributed by atoms with van der Waals surface area (Å²) in [5, 5.41) is 6.74. The molecule has 1 aromatic heterocycles. The van der Waals surface area contributed by atoms with Gasteiger partial charge in [-0.25, -0.2) is 4.79 Å². The summed E-state index contributed by atoms with van der Waals surface area (Å²) in [6.45, 7) is 4.07. The highest BCUT2D eigenvalue weighted by molar-refractivity contribution is 7.07. The van der Waals surface area contributed by atoms with Crippen molar-refractivity contribution >= 4 is 29.0 Å². The number of piperazine rings is 1. The van der Waals surface area contributed by atoms with Crippen LogP contribution in [-0.4, -0.2) is 47.9 Å². The van der Waals surface area contributed by atoms with Gasteiger partial charge in [0.1, 0.15) is 0 Å². The standard InChI is InChI=1S/C17H20N4O2S/c18-17(23)19-15-3-1-2-14(10-15)16(22)21-7-5-20(6-8-21)11-13-4-9-24-12-13/h1-4,9-10,12H,5-8,11H2,(H3,18,19,23). The third kappa shape index (κ3) is 4.12. The van der Waals surface area contributed by atoms with E-state index in [0.29, 0.717) is 24.3 Å². The van der Waals surface area contributed by atoms with Crippen molar-refractivity contribution in [1.29, 1.82) is 0 Å². The van der Waals surface area contributed by atoms with Gasteiger partial charge in [0.15, 0.2) is 0 Å². The van der Waals surface area contributed by atoms with Gasteiger partial charge in [-0.1, -0.05) is 6.07 Å². The van der Waals surface area contributed by atoms with Crippen LogP contribution < -0.4 is 11.1 Å². The molecule has 7 heteroatoms. The Morgan fingerprint density at radius 3 is 2.62 bits per heavy atom. The Bertz CT molecular complexity index is 709. The summed E-state index contributed by atoms with van der Waals surface area (Å²) in [7, 11) is 0. The van der Waals surface area contributed by atoms with Crippen LogP contribution in [0, 0.1) is 0 Å². The molecule has 0 bridgehead atoms. The predicted molar refractivity (Wildman–Crippen MR) is 95.1 cm³/mol. The minimum Gasteiger partial charge on any atom is -0.351 e. The van der Waals surface area contributed by atoms with Crippen molar-refractivity contribution in [2.75, 3.05) is 31.5 Å². The van der Waals surface area contributed by atoms with Crippen molar-refractivity contribution in [2.45, 2.75) is 6.54 Å². The third-order valence-electron chi connectivity index (χ3n) is 4.02. The number of carbonyl (C=O) groups excluding carboxylic acids is 2. The summed E-state index contributed by atoms with van der Waals surface area (Å²) in [5.74, 6) is -0.0155.